The summed E-state index contributed by atoms with van der Waals surface area (Å²) in [5, 5.41) is 3.58. The van der Waals surface area contributed by atoms with E-state index in [-0.39, 0.29) is 18.1 Å². The Morgan fingerprint density at radius 2 is 2.00 bits per heavy atom. The third-order valence-corrected chi connectivity index (χ3v) is 5.87. The summed E-state index contributed by atoms with van der Waals surface area (Å²) in [6, 6.07) is 6.00. The van der Waals surface area contributed by atoms with Crippen LogP contribution >= 0.6 is 11.8 Å². The normalized spacial score (nSPS) is 19.0. The van der Waals surface area contributed by atoms with Gasteiger partial charge in [-0.3, -0.25) is 4.79 Å². The van der Waals surface area contributed by atoms with E-state index in [0.717, 1.165) is 43.1 Å². The number of carbonyl (C=O) groups excluding carboxylic acids is 1. The largest absolute Gasteiger partial charge is 0.454 e. The zero-order valence-electron chi connectivity index (χ0n) is 15.0. The lowest BCUT2D eigenvalue weighted by Crippen LogP contribution is -2.31. The van der Waals surface area contributed by atoms with Crippen LogP contribution in [0.1, 0.15) is 50.0 Å². The summed E-state index contributed by atoms with van der Waals surface area (Å²) >= 11 is 1.69. The standard InChI is InChI=1S/C19H28N2O3S/c1-2-3-4-5-9-20-10-6-11-21-18(22)13-25-19(21)15-7-8-16-17(12-15)24-14-23-16/h7-8,12,19-20H,2-6,9-11,13-14H2,1H3. The summed E-state index contributed by atoms with van der Waals surface area (Å²) in [5.41, 5.74) is 1.12. The number of hydrogen-bond donors (Lipinski definition) is 1. The van der Waals surface area contributed by atoms with Crippen molar-refractivity contribution in [2.45, 2.75) is 44.4 Å². The van der Waals surface area contributed by atoms with Gasteiger partial charge >= 0.3 is 0 Å². The highest BCUT2D eigenvalue weighted by atomic mass is 32.2. The minimum Gasteiger partial charge on any atom is -0.454 e. The molecule has 0 radical (unpaired) electrons. The van der Waals surface area contributed by atoms with Gasteiger partial charge in [-0.05, 0) is 43.6 Å². The van der Waals surface area contributed by atoms with Gasteiger partial charge in [-0.2, -0.15) is 0 Å². The van der Waals surface area contributed by atoms with E-state index in [4.69, 9.17) is 9.47 Å². The minimum absolute atomic E-state index is 0.0894. The van der Waals surface area contributed by atoms with Gasteiger partial charge in [-0.15, -0.1) is 11.8 Å². The molecule has 0 aliphatic carbocycles. The molecule has 0 bridgehead atoms. The van der Waals surface area contributed by atoms with Crippen molar-refractivity contribution < 1.29 is 14.3 Å². The Morgan fingerprint density at radius 1 is 1.16 bits per heavy atom. The molecule has 0 aromatic heterocycles. The first-order chi connectivity index (χ1) is 12.3. The molecule has 25 heavy (non-hydrogen) atoms. The van der Waals surface area contributed by atoms with Gasteiger partial charge in [0, 0.05) is 6.54 Å². The molecular weight excluding hydrogens is 336 g/mol. The quantitative estimate of drug-likeness (QED) is 0.644. The van der Waals surface area contributed by atoms with Gasteiger partial charge in [0.15, 0.2) is 11.5 Å². The van der Waals surface area contributed by atoms with Crippen molar-refractivity contribution in [3.05, 3.63) is 23.8 Å². The molecule has 1 N–H and O–H groups in total. The number of ether oxygens (including phenoxy) is 2. The van der Waals surface area contributed by atoms with Gasteiger partial charge in [-0.25, -0.2) is 0 Å². The molecular formula is C19H28N2O3S. The van der Waals surface area contributed by atoms with Crippen molar-refractivity contribution >= 4 is 17.7 Å². The number of thioether (sulfide) groups is 1. The minimum atomic E-state index is 0.0894. The fourth-order valence-corrected chi connectivity index (χ4v) is 4.42. The molecule has 1 unspecified atom stereocenters. The van der Waals surface area contributed by atoms with Crippen molar-refractivity contribution in [3.63, 3.8) is 0 Å². The van der Waals surface area contributed by atoms with Crippen molar-refractivity contribution in [3.8, 4) is 11.5 Å². The fourth-order valence-electron chi connectivity index (χ4n) is 3.21. The van der Waals surface area contributed by atoms with Crippen LogP contribution in [-0.4, -0.2) is 43.0 Å². The number of unbranched alkanes of at least 4 members (excludes halogenated alkanes) is 3. The zero-order chi connectivity index (χ0) is 17.5. The summed E-state index contributed by atoms with van der Waals surface area (Å²) in [7, 11) is 0. The molecule has 0 spiro atoms. The third-order valence-electron chi connectivity index (χ3n) is 4.61. The van der Waals surface area contributed by atoms with E-state index >= 15 is 0 Å². The number of nitrogens with zero attached hydrogens (tertiary/aromatic N) is 1. The van der Waals surface area contributed by atoms with Gasteiger partial charge in [0.25, 0.3) is 0 Å². The first-order valence-electron chi connectivity index (χ1n) is 9.31. The number of rotatable bonds is 10. The van der Waals surface area contributed by atoms with E-state index in [1.807, 2.05) is 23.1 Å². The second-order valence-electron chi connectivity index (χ2n) is 6.53. The zero-order valence-corrected chi connectivity index (χ0v) is 15.8. The molecule has 1 aromatic rings. The topological polar surface area (TPSA) is 50.8 Å². The van der Waals surface area contributed by atoms with Gasteiger partial charge < -0.3 is 19.7 Å². The van der Waals surface area contributed by atoms with Crippen molar-refractivity contribution in [2.24, 2.45) is 0 Å². The van der Waals surface area contributed by atoms with E-state index in [1.54, 1.807) is 11.8 Å². The van der Waals surface area contributed by atoms with Gasteiger partial charge in [0.2, 0.25) is 12.7 Å². The number of benzene rings is 1. The first kappa shape index (κ1) is 18.4. The van der Waals surface area contributed by atoms with Crippen LogP contribution in [0.2, 0.25) is 0 Å². The number of nitrogens with one attached hydrogen (secondary N) is 1. The van der Waals surface area contributed by atoms with Crippen molar-refractivity contribution in [1.82, 2.24) is 10.2 Å². The molecule has 1 aromatic carbocycles. The highest BCUT2D eigenvalue weighted by molar-refractivity contribution is 8.00. The van der Waals surface area contributed by atoms with Gasteiger partial charge in [0.1, 0.15) is 5.37 Å². The van der Waals surface area contributed by atoms with Crippen molar-refractivity contribution in [1.29, 1.82) is 0 Å². The van der Waals surface area contributed by atoms with Gasteiger partial charge in [0.05, 0.1) is 5.75 Å². The fraction of sp³-hybridized carbons (Fsp3) is 0.632. The Morgan fingerprint density at radius 3 is 2.88 bits per heavy atom. The number of fused-ring (bicyclic) bond motifs is 1. The molecule has 2 aliphatic heterocycles. The van der Waals surface area contributed by atoms with Crippen LogP contribution in [0.25, 0.3) is 0 Å². The van der Waals surface area contributed by atoms with Crippen LogP contribution in [0.5, 0.6) is 11.5 Å². The molecule has 1 saturated heterocycles. The van der Waals surface area contributed by atoms with Crippen LogP contribution in [0.4, 0.5) is 0 Å². The monoisotopic (exact) mass is 364 g/mol. The Labute approximate surface area is 154 Å². The number of amides is 1. The third kappa shape index (κ3) is 4.82. The lowest BCUT2D eigenvalue weighted by Gasteiger charge is -2.24. The summed E-state index contributed by atoms with van der Waals surface area (Å²) < 4.78 is 10.8. The smallest absolute Gasteiger partial charge is 0.233 e. The number of carbonyl (C=O) groups is 1. The summed E-state index contributed by atoms with van der Waals surface area (Å²) in [4.78, 5) is 14.3. The highest BCUT2D eigenvalue weighted by Crippen LogP contribution is 2.42. The molecule has 6 heteroatoms. The number of hydrogen-bond acceptors (Lipinski definition) is 5. The lowest BCUT2D eigenvalue weighted by atomic mass is 10.1. The van der Waals surface area contributed by atoms with E-state index in [0.29, 0.717) is 5.75 Å². The Balaban J connectivity index is 1.46. The maximum atomic E-state index is 12.3. The van der Waals surface area contributed by atoms with E-state index in [9.17, 15) is 4.79 Å². The first-order valence-corrected chi connectivity index (χ1v) is 10.4. The molecule has 2 aliphatic rings. The van der Waals surface area contributed by atoms with E-state index in [1.165, 1.54) is 25.7 Å². The van der Waals surface area contributed by atoms with E-state index < -0.39 is 0 Å². The van der Waals surface area contributed by atoms with Crippen LogP contribution in [0, 0.1) is 0 Å². The second kappa shape index (κ2) is 9.34. The SMILES string of the molecule is CCCCCCNCCCN1C(=O)CSC1c1ccc2c(c1)OCO2. The lowest BCUT2D eigenvalue weighted by molar-refractivity contribution is -0.128. The molecule has 1 fully saturated rings. The molecule has 0 saturated carbocycles. The molecule has 5 nitrogen and oxygen atoms in total. The van der Waals surface area contributed by atoms with Crippen LogP contribution < -0.4 is 14.8 Å². The average molecular weight is 365 g/mol. The summed E-state index contributed by atoms with van der Waals surface area (Å²) in [6.45, 7) is 5.36. The maximum Gasteiger partial charge on any atom is 0.233 e. The summed E-state index contributed by atoms with van der Waals surface area (Å²) in [6.07, 6.45) is 6.12. The average Bonchev–Trinajstić information content (AvgIpc) is 3.23. The van der Waals surface area contributed by atoms with Crippen LogP contribution in [-0.2, 0) is 4.79 Å². The molecule has 1 atom stereocenters. The van der Waals surface area contributed by atoms with E-state index in [2.05, 4.69) is 12.2 Å². The van der Waals surface area contributed by atoms with Crippen molar-refractivity contribution in [2.75, 3.05) is 32.2 Å². The molecule has 138 valence electrons. The molecule has 1 amide bonds. The van der Waals surface area contributed by atoms with Crippen LogP contribution in [0.15, 0.2) is 18.2 Å². The molecule has 2 heterocycles. The Bertz CT molecular complexity index is 582. The Hall–Kier alpha value is -1.40. The van der Waals surface area contributed by atoms with Gasteiger partial charge in [-0.1, -0.05) is 32.3 Å². The molecule has 3 rings (SSSR count). The highest BCUT2D eigenvalue weighted by Gasteiger charge is 2.33. The predicted molar refractivity (Wildman–Crippen MR) is 101 cm³/mol. The summed E-state index contributed by atoms with van der Waals surface area (Å²) in [5.74, 6) is 2.36. The Kier molecular flexibility index (Phi) is 6.87. The predicted octanol–water partition coefficient (Wildman–Crippen LogP) is 3.55. The van der Waals surface area contributed by atoms with Crippen LogP contribution in [0.3, 0.4) is 0 Å². The maximum absolute atomic E-state index is 12.3. The second-order valence-corrected chi connectivity index (χ2v) is 7.60.